The van der Waals surface area contributed by atoms with Crippen molar-refractivity contribution in [3.8, 4) is 0 Å². The normalized spacial score (nSPS) is 13.2. The van der Waals surface area contributed by atoms with E-state index in [2.05, 4.69) is 15.6 Å². The Balaban J connectivity index is 1.92. The monoisotopic (exact) mass is 330 g/mol. The third-order valence-electron chi connectivity index (χ3n) is 3.84. The molecule has 2 rings (SSSR count). The van der Waals surface area contributed by atoms with Crippen LogP contribution in [0.5, 0.6) is 0 Å². The van der Waals surface area contributed by atoms with Crippen molar-refractivity contribution in [1.82, 2.24) is 15.6 Å². The summed E-state index contributed by atoms with van der Waals surface area (Å²) >= 11 is 0. The van der Waals surface area contributed by atoms with Crippen LogP contribution in [-0.4, -0.2) is 35.3 Å². The molecule has 7 heteroatoms. The van der Waals surface area contributed by atoms with E-state index in [1.165, 1.54) is 0 Å². The van der Waals surface area contributed by atoms with Crippen molar-refractivity contribution < 1.29 is 14.4 Å². The highest BCUT2D eigenvalue weighted by molar-refractivity contribution is 5.90. The highest BCUT2D eigenvalue weighted by Crippen LogP contribution is 2.20. The van der Waals surface area contributed by atoms with E-state index in [-0.39, 0.29) is 18.4 Å². The largest absolute Gasteiger partial charge is 0.368 e. The summed E-state index contributed by atoms with van der Waals surface area (Å²) in [7, 11) is 0. The summed E-state index contributed by atoms with van der Waals surface area (Å²) in [5, 5.41) is 6.10. The fourth-order valence-electron chi connectivity index (χ4n) is 2.47. The van der Waals surface area contributed by atoms with Gasteiger partial charge in [0.15, 0.2) is 0 Å². The molecule has 0 radical (unpaired) electrons. The van der Waals surface area contributed by atoms with Gasteiger partial charge in [0, 0.05) is 23.0 Å². The van der Waals surface area contributed by atoms with Crippen LogP contribution in [0, 0.1) is 5.92 Å². The molecule has 24 heavy (non-hydrogen) atoms. The lowest BCUT2D eigenvalue weighted by Gasteiger charge is -2.17. The maximum Gasteiger partial charge on any atom is 0.242 e. The Hall–Kier alpha value is -2.83. The molecule has 5 N–H and O–H groups in total. The van der Waals surface area contributed by atoms with Gasteiger partial charge in [0.1, 0.15) is 6.04 Å². The van der Waals surface area contributed by atoms with Crippen molar-refractivity contribution in [2.24, 2.45) is 11.7 Å². The molecule has 0 unspecified atom stereocenters. The number of benzene rings is 1. The molecule has 128 valence electrons. The molecular weight excluding hydrogens is 308 g/mol. The number of rotatable bonds is 7. The molecular formula is C17H22N4O3. The number of carbonyl (C=O) groups excluding carboxylic acids is 3. The van der Waals surface area contributed by atoms with Crippen LogP contribution in [-0.2, 0) is 20.8 Å². The van der Waals surface area contributed by atoms with Crippen LogP contribution in [0.1, 0.15) is 19.4 Å². The number of hydrogen-bond acceptors (Lipinski definition) is 3. The van der Waals surface area contributed by atoms with E-state index in [9.17, 15) is 14.4 Å². The number of primary amides is 1. The van der Waals surface area contributed by atoms with Crippen LogP contribution < -0.4 is 16.4 Å². The second-order valence-corrected chi connectivity index (χ2v) is 5.88. The zero-order valence-electron chi connectivity index (χ0n) is 13.8. The maximum atomic E-state index is 12.3. The van der Waals surface area contributed by atoms with Gasteiger partial charge < -0.3 is 21.4 Å². The number of para-hydroxylation sites is 1. The molecule has 1 aromatic heterocycles. The van der Waals surface area contributed by atoms with Gasteiger partial charge in [-0.25, -0.2) is 0 Å². The lowest BCUT2D eigenvalue weighted by molar-refractivity contribution is -0.131. The minimum atomic E-state index is -0.734. The van der Waals surface area contributed by atoms with E-state index in [1.807, 2.05) is 37.4 Å². The van der Waals surface area contributed by atoms with Crippen LogP contribution in [0.3, 0.4) is 0 Å². The van der Waals surface area contributed by atoms with E-state index >= 15 is 0 Å². The molecule has 3 amide bonds. The highest BCUT2D eigenvalue weighted by atomic mass is 16.2. The van der Waals surface area contributed by atoms with Gasteiger partial charge in [-0.1, -0.05) is 25.1 Å². The molecule has 0 aliphatic rings. The Morgan fingerprint density at radius 2 is 1.88 bits per heavy atom. The van der Waals surface area contributed by atoms with Gasteiger partial charge >= 0.3 is 0 Å². The van der Waals surface area contributed by atoms with E-state index < -0.39 is 17.9 Å². The van der Waals surface area contributed by atoms with Crippen molar-refractivity contribution in [1.29, 1.82) is 0 Å². The van der Waals surface area contributed by atoms with Crippen LogP contribution in [0.4, 0.5) is 0 Å². The number of nitrogens with one attached hydrogen (secondary N) is 3. The third kappa shape index (κ3) is 4.34. The first-order chi connectivity index (χ1) is 11.4. The molecule has 0 aliphatic heterocycles. The molecule has 2 atom stereocenters. The summed E-state index contributed by atoms with van der Waals surface area (Å²) in [5.74, 6) is -1.59. The Morgan fingerprint density at radius 3 is 2.58 bits per heavy atom. The zero-order valence-corrected chi connectivity index (χ0v) is 13.8. The molecule has 2 aromatic rings. The first-order valence-electron chi connectivity index (χ1n) is 7.80. The molecule has 0 bridgehead atoms. The minimum Gasteiger partial charge on any atom is -0.368 e. The Labute approximate surface area is 140 Å². The predicted octanol–water partition coefficient (Wildman–Crippen LogP) is 0.453. The van der Waals surface area contributed by atoms with Crippen molar-refractivity contribution >= 4 is 28.6 Å². The smallest absolute Gasteiger partial charge is 0.242 e. The molecule has 0 spiro atoms. The van der Waals surface area contributed by atoms with E-state index in [4.69, 9.17) is 5.73 Å². The van der Waals surface area contributed by atoms with Crippen molar-refractivity contribution in [3.05, 3.63) is 36.0 Å². The van der Waals surface area contributed by atoms with Crippen molar-refractivity contribution in [3.63, 3.8) is 0 Å². The number of H-pyrrole nitrogens is 1. The standard InChI is InChI=1S/C17H22N4O3/c1-10(7-12-8-19-14-6-4-3-5-13(12)14)16(23)21-11(2)17(24)20-9-15(18)22/h3-6,8,10-11,19H,7,9H2,1-2H3,(H2,18,22)(H,20,24)(H,21,23)/t10-,11-/m0/s1. The Morgan fingerprint density at radius 1 is 1.17 bits per heavy atom. The van der Waals surface area contributed by atoms with Crippen LogP contribution in [0.15, 0.2) is 30.5 Å². The third-order valence-corrected chi connectivity index (χ3v) is 3.84. The first kappa shape index (κ1) is 17.5. The topological polar surface area (TPSA) is 117 Å². The van der Waals surface area contributed by atoms with Gasteiger partial charge in [-0.15, -0.1) is 0 Å². The Kier molecular flexibility index (Phi) is 5.57. The number of aromatic amines is 1. The second-order valence-electron chi connectivity index (χ2n) is 5.88. The van der Waals surface area contributed by atoms with E-state index in [0.29, 0.717) is 6.42 Å². The van der Waals surface area contributed by atoms with Crippen LogP contribution in [0.25, 0.3) is 10.9 Å². The summed E-state index contributed by atoms with van der Waals surface area (Å²) in [6, 6.07) is 7.16. The maximum absolute atomic E-state index is 12.3. The van der Waals surface area contributed by atoms with E-state index in [1.54, 1.807) is 6.92 Å². The number of nitrogens with two attached hydrogens (primary N) is 1. The molecule has 7 nitrogen and oxygen atoms in total. The minimum absolute atomic E-state index is 0.220. The lowest BCUT2D eigenvalue weighted by Crippen LogP contribution is -2.48. The highest BCUT2D eigenvalue weighted by Gasteiger charge is 2.20. The molecule has 1 aromatic carbocycles. The zero-order chi connectivity index (χ0) is 17.7. The van der Waals surface area contributed by atoms with E-state index in [0.717, 1.165) is 16.5 Å². The van der Waals surface area contributed by atoms with Gasteiger partial charge in [0.2, 0.25) is 17.7 Å². The summed E-state index contributed by atoms with van der Waals surface area (Å²) in [6.45, 7) is 3.13. The number of aromatic nitrogens is 1. The lowest BCUT2D eigenvalue weighted by atomic mass is 9.99. The fraction of sp³-hybridized carbons (Fsp3) is 0.353. The summed E-state index contributed by atoms with van der Waals surface area (Å²) < 4.78 is 0. The van der Waals surface area contributed by atoms with Crippen molar-refractivity contribution in [2.45, 2.75) is 26.3 Å². The average Bonchev–Trinajstić information content (AvgIpc) is 2.95. The molecule has 0 fully saturated rings. The molecule has 1 heterocycles. The van der Waals surface area contributed by atoms with Gasteiger partial charge in [-0.2, -0.15) is 0 Å². The van der Waals surface area contributed by atoms with Gasteiger partial charge in [-0.05, 0) is 25.0 Å². The quantitative estimate of drug-likeness (QED) is 0.590. The van der Waals surface area contributed by atoms with Gasteiger partial charge in [0.05, 0.1) is 6.54 Å². The summed E-state index contributed by atoms with van der Waals surface area (Å²) in [5.41, 5.74) is 7.05. The van der Waals surface area contributed by atoms with Gasteiger partial charge in [-0.3, -0.25) is 14.4 Å². The first-order valence-corrected chi connectivity index (χ1v) is 7.80. The number of amides is 3. The van der Waals surface area contributed by atoms with Crippen LogP contribution >= 0.6 is 0 Å². The molecule has 0 saturated heterocycles. The number of hydrogen-bond donors (Lipinski definition) is 4. The molecule has 0 aliphatic carbocycles. The number of carbonyl (C=O) groups is 3. The summed E-state index contributed by atoms with van der Waals surface area (Å²) in [4.78, 5) is 37.9. The van der Waals surface area contributed by atoms with Crippen molar-refractivity contribution in [2.75, 3.05) is 6.54 Å². The van der Waals surface area contributed by atoms with Crippen LogP contribution in [0.2, 0.25) is 0 Å². The Bertz CT molecular complexity index is 753. The van der Waals surface area contributed by atoms with Gasteiger partial charge in [0.25, 0.3) is 0 Å². The summed E-state index contributed by atoms with van der Waals surface area (Å²) in [6.07, 6.45) is 2.46. The second kappa shape index (κ2) is 7.63. The predicted molar refractivity (Wildman–Crippen MR) is 91.0 cm³/mol. The average molecular weight is 330 g/mol. The molecule has 0 saturated carbocycles. The number of fused-ring (bicyclic) bond motifs is 1. The SMILES string of the molecule is C[C@H](NC(=O)[C@@H](C)Cc1c[nH]c2ccccc12)C(=O)NCC(N)=O. The fourth-order valence-corrected chi connectivity index (χ4v) is 2.47.